The molecule has 4 rings (SSSR count). The lowest BCUT2D eigenvalue weighted by Gasteiger charge is -2.30. The van der Waals surface area contributed by atoms with Crippen molar-refractivity contribution >= 4 is 17.5 Å². The van der Waals surface area contributed by atoms with E-state index in [1.807, 2.05) is 48.5 Å². The number of nitrogens with zero attached hydrogens (tertiary/aromatic N) is 5. The van der Waals surface area contributed by atoms with Crippen molar-refractivity contribution in [1.82, 2.24) is 25.1 Å². The number of amides is 2. The average molecular weight is 400 g/mol. The average Bonchev–Trinajstić information content (AvgIpc) is 3.33. The molecule has 2 heterocycles. The summed E-state index contributed by atoms with van der Waals surface area (Å²) in [5.74, 6) is 4.92. The third-order valence-corrected chi connectivity index (χ3v) is 4.89. The van der Waals surface area contributed by atoms with Crippen LogP contribution in [0.2, 0.25) is 0 Å². The summed E-state index contributed by atoms with van der Waals surface area (Å²) in [7, 11) is 0. The van der Waals surface area contributed by atoms with E-state index in [0.29, 0.717) is 18.8 Å². The van der Waals surface area contributed by atoms with Crippen LogP contribution in [0.5, 0.6) is 0 Å². The molecule has 2 amide bonds. The van der Waals surface area contributed by atoms with Crippen LogP contribution >= 0.6 is 0 Å². The van der Waals surface area contributed by atoms with E-state index in [4.69, 9.17) is 0 Å². The predicted molar refractivity (Wildman–Crippen MR) is 110 cm³/mol. The molecule has 0 aliphatic carbocycles. The predicted octanol–water partition coefficient (Wildman–Crippen LogP) is 1.89. The van der Waals surface area contributed by atoms with Crippen molar-refractivity contribution in [1.29, 1.82) is 0 Å². The van der Waals surface area contributed by atoms with Crippen molar-refractivity contribution in [2.75, 3.05) is 18.4 Å². The van der Waals surface area contributed by atoms with Crippen LogP contribution in [0.4, 0.5) is 5.69 Å². The molecular weight excluding hydrogens is 380 g/mol. The molecule has 1 fully saturated rings. The van der Waals surface area contributed by atoms with Gasteiger partial charge in [-0.05, 0) is 53.6 Å². The number of anilines is 1. The first kappa shape index (κ1) is 19.3. The van der Waals surface area contributed by atoms with Gasteiger partial charge >= 0.3 is 0 Å². The summed E-state index contributed by atoms with van der Waals surface area (Å²) in [6, 6.07) is 16.6. The lowest BCUT2D eigenvalue weighted by atomic mass is 9.97. The van der Waals surface area contributed by atoms with Crippen LogP contribution in [0.1, 0.15) is 18.4 Å². The summed E-state index contributed by atoms with van der Waals surface area (Å²) in [5.41, 5.74) is 2.19. The SMILES string of the molecule is O=C(Nc1cccc(-n2cnnn2)c1)C1CCCN(C(=O)C#Cc2ccccc2)C1. The van der Waals surface area contributed by atoms with Gasteiger partial charge in [-0.2, -0.15) is 0 Å². The van der Waals surface area contributed by atoms with Gasteiger partial charge in [0.1, 0.15) is 6.33 Å². The zero-order valence-corrected chi connectivity index (χ0v) is 16.2. The van der Waals surface area contributed by atoms with E-state index in [0.717, 1.165) is 24.1 Å². The number of carbonyl (C=O) groups excluding carboxylic acids is 2. The molecule has 0 radical (unpaired) electrons. The van der Waals surface area contributed by atoms with Gasteiger partial charge in [0.05, 0.1) is 11.6 Å². The molecule has 0 bridgehead atoms. The van der Waals surface area contributed by atoms with Crippen LogP contribution in [-0.2, 0) is 9.59 Å². The number of benzene rings is 2. The number of piperidine rings is 1. The monoisotopic (exact) mass is 400 g/mol. The highest BCUT2D eigenvalue weighted by Gasteiger charge is 2.28. The number of tetrazole rings is 1. The van der Waals surface area contributed by atoms with E-state index < -0.39 is 0 Å². The molecule has 0 saturated carbocycles. The lowest BCUT2D eigenvalue weighted by Crippen LogP contribution is -2.43. The summed E-state index contributed by atoms with van der Waals surface area (Å²) in [6.45, 7) is 0.974. The van der Waals surface area contributed by atoms with E-state index in [9.17, 15) is 9.59 Å². The molecule has 1 saturated heterocycles. The number of hydrogen-bond acceptors (Lipinski definition) is 5. The highest BCUT2D eigenvalue weighted by Crippen LogP contribution is 2.20. The summed E-state index contributed by atoms with van der Waals surface area (Å²) in [4.78, 5) is 26.9. The summed E-state index contributed by atoms with van der Waals surface area (Å²) in [6.07, 6.45) is 2.98. The summed E-state index contributed by atoms with van der Waals surface area (Å²) in [5, 5.41) is 14.0. The van der Waals surface area contributed by atoms with Crippen molar-refractivity contribution in [2.24, 2.45) is 5.92 Å². The van der Waals surface area contributed by atoms with E-state index in [1.165, 1.54) is 11.0 Å². The second kappa shape index (κ2) is 9.01. The standard InChI is InChI=1S/C22H20N6O2/c29-21(12-11-17-6-2-1-3-7-17)27-13-5-8-18(15-27)22(30)24-19-9-4-10-20(14-19)28-16-23-25-26-28/h1-4,6-7,9-10,14,16,18H,5,8,13,15H2,(H,24,30). The lowest BCUT2D eigenvalue weighted by molar-refractivity contribution is -0.129. The van der Waals surface area contributed by atoms with Crippen LogP contribution in [0.3, 0.4) is 0 Å². The second-order valence-corrected chi connectivity index (χ2v) is 7.00. The first-order valence-corrected chi connectivity index (χ1v) is 9.69. The third kappa shape index (κ3) is 4.70. The number of hydrogen-bond donors (Lipinski definition) is 1. The van der Waals surface area contributed by atoms with E-state index >= 15 is 0 Å². The number of likely N-dealkylation sites (tertiary alicyclic amines) is 1. The number of carbonyl (C=O) groups is 2. The summed E-state index contributed by atoms with van der Waals surface area (Å²) < 4.78 is 1.52. The van der Waals surface area contributed by atoms with Gasteiger partial charge in [0.15, 0.2) is 0 Å². The fraction of sp³-hybridized carbons (Fsp3) is 0.227. The van der Waals surface area contributed by atoms with Gasteiger partial charge in [0, 0.05) is 30.3 Å². The molecule has 150 valence electrons. The Morgan fingerprint density at radius 1 is 1.10 bits per heavy atom. The smallest absolute Gasteiger partial charge is 0.298 e. The van der Waals surface area contributed by atoms with Gasteiger partial charge in [-0.25, -0.2) is 4.68 Å². The van der Waals surface area contributed by atoms with Crippen molar-refractivity contribution in [2.45, 2.75) is 12.8 Å². The van der Waals surface area contributed by atoms with Crippen LogP contribution < -0.4 is 5.32 Å². The van der Waals surface area contributed by atoms with Crippen LogP contribution in [-0.4, -0.2) is 50.0 Å². The second-order valence-electron chi connectivity index (χ2n) is 7.00. The quantitative estimate of drug-likeness (QED) is 0.678. The number of nitrogens with one attached hydrogen (secondary N) is 1. The maximum atomic E-state index is 12.8. The molecule has 3 aromatic rings. The molecule has 30 heavy (non-hydrogen) atoms. The topological polar surface area (TPSA) is 93.0 Å². The van der Waals surface area contributed by atoms with Crippen molar-refractivity contribution in [3.05, 3.63) is 66.5 Å². The Morgan fingerprint density at radius 2 is 1.97 bits per heavy atom. The van der Waals surface area contributed by atoms with E-state index in [1.54, 1.807) is 11.0 Å². The Kier molecular flexibility index (Phi) is 5.80. The normalized spacial score (nSPS) is 15.7. The molecular formula is C22H20N6O2. The third-order valence-electron chi connectivity index (χ3n) is 4.89. The van der Waals surface area contributed by atoms with Gasteiger partial charge in [0.2, 0.25) is 5.91 Å². The zero-order chi connectivity index (χ0) is 20.8. The van der Waals surface area contributed by atoms with Crippen LogP contribution in [0, 0.1) is 17.8 Å². The van der Waals surface area contributed by atoms with Gasteiger partial charge in [-0.15, -0.1) is 5.10 Å². The minimum Gasteiger partial charge on any atom is -0.331 e. The van der Waals surface area contributed by atoms with Gasteiger partial charge in [-0.3, -0.25) is 9.59 Å². The largest absolute Gasteiger partial charge is 0.331 e. The molecule has 1 atom stereocenters. The molecule has 8 heteroatoms. The Morgan fingerprint density at radius 3 is 2.77 bits per heavy atom. The molecule has 1 aliphatic heterocycles. The first-order chi connectivity index (χ1) is 14.7. The Balaban J connectivity index is 1.39. The minimum absolute atomic E-state index is 0.114. The fourth-order valence-electron chi connectivity index (χ4n) is 3.35. The van der Waals surface area contributed by atoms with E-state index in [2.05, 4.69) is 32.7 Å². The summed E-state index contributed by atoms with van der Waals surface area (Å²) >= 11 is 0. The number of aromatic nitrogens is 4. The van der Waals surface area contributed by atoms with Gasteiger partial charge < -0.3 is 10.2 Å². The van der Waals surface area contributed by atoms with Crippen molar-refractivity contribution in [3.8, 4) is 17.5 Å². The van der Waals surface area contributed by atoms with E-state index in [-0.39, 0.29) is 17.7 Å². The molecule has 1 N–H and O–H groups in total. The fourth-order valence-corrected chi connectivity index (χ4v) is 3.35. The molecule has 1 aliphatic rings. The Hall–Kier alpha value is -3.99. The van der Waals surface area contributed by atoms with Crippen LogP contribution in [0.15, 0.2) is 60.9 Å². The first-order valence-electron chi connectivity index (χ1n) is 9.69. The highest BCUT2D eigenvalue weighted by atomic mass is 16.2. The minimum atomic E-state index is -0.280. The maximum Gasteiger partial charge on any atom is 0.298 e. The van der Waals surface area contributed by atoms with Crippen molar-refractivity contribution in [3.63, 3.8) is 0 Å². The Labute approximate surface area is 173 Å². The molecule has 1 unspecified atom stereocenters. The van der Waals surface area contributed by atoms with Gasteiger partial charge in [-0.1, -0.05) is 30.2 Å². The Bertz CT molecular complexity index is 1090. The number of rotatable bonds is 3. The molecule has 8 nitrogen and oxygen atoms in total. The highest BCUT2D eigenvalue weighted by molar-refractivity contribution is 5.96. The van der Waals surface area contributed by atoms with Crippen molar-refractivity contribution < 1.29 is 9.59 Å². The van der Waals surface area contributed by atoms with Gasteiger partial charge in [0.25, 0.3) is 5.91 Å². The maximum absolute atomic E-state index is 12.8. The molecule has 1 aromatic heterocycles. The molecule has 2 aromatic carbocycles. The van der Waals surface area contributed by atoms with Crippen LogP contribution in [0.25, 0.3) is 5.69 Å². The molecule has 0 spiro atoms. The zero-order valence-electron chi connectivity index (χ0n) is 16.2.